The van der Waals surface area contributed by atoms with Crippen LogP contribution in [0, 0.1) is 0 Å². The molecule has 1 heterocycles. The largest absolute Gasteiger partial charge is 0.481 e. The number of H-pyrrole nitrogens is 1. The van der Waals surface area contributed by atoms with E-state index < -0.39 is 5.97 Å². The first kappa shape index (κ1) is 15.4. The van der Waals surface area contributed by atoms with E-state index in [1.54, 1.807) is 19.2 Å². The summed E-state index contributed by atoms with van der Waals surface area (Å²) in [5.41, 5.74) is 1.80. The average Bonchev–Trinajstić information content (AvgIpc) is 2.79. The van der Waals surface area contributed by atoms with Crippen LogP contribution in [-0.4, -0.2) is 28.0 Å². The van der Waals surface area contributed by atoms with E-state index in [1.165, 1.54) is 0 Å². The molecule has 1 amide bonds. The van der Waals surface area contributed by atoms with E-state index in [1.807, 2.05) is 12.1 Å². The molecule has 5 nitrogen and oxygen atoms in total. The van der Waals surface area contributed by atoms with Crippen molar-refractivity contribution >= 4 is 34.4 Å². The number of carboxylic acids is 1. The molecule has 1 aromatic heterocycles. The number of carbonyl (C=O) groups is 2. The number of carboxylic acid groups (broad SMARTS) is 1. The number of aliphatic carboxylic acids is 1. The number of carbonyl (C=O) groups excluding carboxylic acids is 1. The number of amides is 1. The zero-order valence-electron chi connectivity index (χ0n) is 11.6. The van der Waals surface area contributed by atoms with E-state index in [-0.39, 0.29) is 24.8 Å². The Morgan fingerprint density at radius 1 is 1.43 bits per heavy atom. The van der Waals surface area contributed by atoms with Gasteiger partial charge in [-0.25, -0.2) is 0 Å². The molecular weight excluding hydrogens is 292 g/mol. The second kappa shape index (κ2) is 6.63. The minimum Gasteiger partial charge on any atom is -0.481 e. The normalized spacial score (nSPS) is 12.3. The predicted octanol–water partition coefficient (Wildman–Crippen LogP) is 2.73. The highest BCUT2D eigenvalue weighted by atomic mass is 35.5. The first-order valence-corrected chi connectivity index (χ1v) is 7.10. The molecule has 0 bridgehead atoms. The molecule has 2 rings (SSSR count). The maximum atomic E-state index is 12.0. The zero-order valence-corrected chi connectivity index (χ0v) is 12.4. The van der Waals surface area contributed by atoms with Gasteiger partial charge in [0.05, 0.1) is 6.42 Å². The van der Waals surface area contributed by atoms with Gasteiger partial charge in [-0.15, -0.1) is 0 Å². The Kier molecular flexibility index (Phi) is 4.85. The standard InChI is InChI=1S/C15H17ClN2O3/c1-9(2-5-15(20)21)18-14(19)6-10-8-17-13-4-3-11(16)7-12(10)13/h3-4,7-9,17H,2,5-6H2,1H3,(H,18,19)(H,20,21). The molecule has 0 aliphatic rings. The van der Waals surface area contributed by atoms with Gasteiger partial charge in [-0.05, 0) is 37.1 Å². The van der Waals surface area contributed by atoms with Crippen LogP contribution in [0.4, 0.5) is 0 Å². The third-order valence-electron chi connectivity index (χ3n) is 3.28. The van der Waals surface area contributed by atoms with E-state index in [0.717, 1.165) is 16.5 Å². The summed E-state index contributed by atoms with van der Waals surface area (Å²) in [5.74, 6) is -0.990. The van der Waals surface area contributed by atoms with Gasteiger partial charge in [0.15, 0.2) is 0 Å². The number of fused-ring (bicyclic) bond motifs is 1. The van der Waals surface area contributed by atoms with Crippen molar-refractivity contribution in [2.24, 2.45) is 0 Å². The Labute approximate surface area is 127 Å². The van der Waals surface area contributed by atoms with Crippen LogP contribution < -0.4 is 5.32 Å². The van der Waals surface area contributed by atoms with E-state index in [4.69, 9.17) is 16.7 Å². The summed E-state index contributed by atoms with van der Waals surface area (Å²) in [6.45, 7) is 1.80. The second-order valence-corrected chi connectivity index (χ2v) is 5.52. The highest BCUT2D eigenvalue weighted by molar-refractivity contribution is 6.31. The van der Waals surface area contributed by atoms with Gasteiger partial charge in [0.2, 0.25) is 5.91 Å². The number of aromatic nitrogens is 1. The maximum Gasteiger partial charge on any atom is 0.303 e. The molecule has 21 heavy (non-hydrogen) atoms. The van der Waals surface area contributed by atoms with Crippen LogP contribution >= 0.6 is 11.6 Å². The van der Waals surface area contributed by atoms with E-state index in [0.29, 0.717) is 11.4 Å². The Morgan fingerprint density at radius 2 is 2.19 bits per heavy atom. The van der Waals surface area contributed by atoms with Gasteiger partial charge in [-0.2, -0.15) is 0 Å². The molecule has 0 aliphatic heterocycles. The van der Waals surface area contributed by atoms with Gasteiger partial charge in [0, 0.05) is 34.6 Å². The van der Waals surface area contributed by atoms with Crippen molar-refractivity contribution in [3.63, 3.8) is 0 Å². The number of benzene rings is 1. The van der Waals surface area contributed by atoms with Crippen molar-refractivity contribution in [3.05, 3.63) is 35.0 Å². The summed E-state index contributed by atoms with van der Waals surface area (Å²) in [6.07, 6.45) is 2.49. The fourth-order valence-electron chi connectivity index (χ4n) is 2.21. The molecule has 0 saturated heterocycles. The molecular formula is C15H17ClN2O3. The lowest BCUT2D eigenvalue weighted by Crippen LogP contribution is -2.34. The van der Waals surface area contributed by atoms with E-state index in [9.17, 15) is 9.59 Å². The fourth-order valence-corrected chi connectivity index (χ4v) is 2.38. The van der Waals surface area contributed by atoms with Crippen LogP contribution in [0.1, 0.15) is 25.3 Å². The second-order valence-electron chi connectivity index (χ2n) is 5.08. The van der Waals surface area contributed by atoms with Crippen molar-refractivity contribution in [2.75, 3.05) is 0 Å². The predicted molar refractivity (Wildman–Crippen MR) is 81.5 cm³/mol. The fraction of sp³-hybridized carbons (Fsp3) is 0.333. The van der Waals surface area contributed by atoms with Gasteiger partial charge in [-0.1, -0.05) is 11.6 Å². The molecule has 0 saturated carbocycles. The lowest BCUT2D eigenvalue weighted by atomic mass is 10.1. The summed E-state index contributed by atoms with van der Waals surface area (Å²) >= 11 is 5.97. The molecule has 0 spiro atoms. The van der Waals surface area contributed by atoms with Gasteiger partial charge < -0.3 is 15.4 Å². The van der Waals surface area contributed by atoms with Crippen LogP contribution in [-0.2, 0) is 16.0 Å². The smallest absolute Gasteiger partial charge is 0.303 e. The van der Waals surface area contributed by atoms with Gasteiger partial charge >= 0.3 is 5.97 Å². The van der Waals surface area contributed by atoms with Crippen LogP contribution in [0.25, 0.3) is 10.9 Å². The molecule has 1 unspecified atom stereocenters. The maximum absolute atomic E-state index is 12.0. The Hall–Kier alpha value is -2.01. The van der Waals surface area contributed by atoms with Crippen LogP contribution in [0.2, 0.25) is 5.02 Å². The van der Waals surface area contributed by atoms with E-state index >= 15 is 0 Å². The third-order valence-corrected chi connectivity index (χ3v) is 3.51. The lowest BCUT2D eigenvalue weighted by Gasteiger charge is -2.12. The topological polar surface area (TPSA) is 82.2 Å². The number of aromatic amines is 1. The van der Waals surface area contributed by atoms with Crippen LogP contribution in [0.15, 0.2) is 24.4 Å². The Balaban J connectivity index is 1.98. The van der Waals surface area contributed by atoms with Gasteiger partial charge in [0.1, 0.15) is 0 Å². The summed E-state index contributed by atoms with van der Waals surface area (Å²) in [6, 6.07) is 5.32. The molecule has 2 aromatic rings. The molecule has 0 aliphatic carbocycles. The highest BCUT2D eigenvalue weighted by Gasteiger charge is 2.12. The summed E-state index contributed by atoms with van der Waals surface area (Å²) in [7, 11) is 0. The van der Waals surface area contributed by atoms with Crippen molar-refractivity contribution in [1.29, 1.82) is 0 Å². The van der Waals surface area contributed by atoms with Crippen molar-refractivity contribution < 1.29 is 14.7 Å². The van der Waals surface area contributed by atoms with Crippen molar-refractivity contribution in [3.8, 4) is 0 Å². The van der Waals surface area contributed by atoms with Gasteiger partial charge in [-0.3, -0.25) is 9.59 Å². The van der Waals surface area contributed by atoms with Gasteiger partial charge in [0.25, 0.3) is 0 Å². The molecule has 112 valence electrons. The summed E-state index contributed by atoms with van der Waals surface area (Å²) in [4.78, 5) is 25.6. The first-order valence-electron chi connectivity index (χ1n) is 6.72. The number of rotatable bonds is 6. The minimum atomic E-state index is -0.859. The number of halogens is 1. The third kappa shape index (κ3) is 4.23. The van der Waals surface area contributed by atoms with Crippen LogP contribution in [0.3, 0.4) is 0 Å². The zero-order chi connectivity index (χ0) is 15.4. The quantitative estimate of drug-likeness (QED) is 0.767. The average molecular weight is 309 g/mol. The number of hydrogen-bond acceptors (Lipinski definition) is 2. The molecule has 0 fully saturated rings. The first-order chi connectivity index (χ1) is 9.95. The summed E-state index contributed by atoms with van der Waals surface area (Å²) in [5, 5.41) is 13.0. The van der Waals surface area contributed by atoms with Crippen LogP contribution in [0.5, 0.6) is 0 Å². The molecule has 1 atom stereocenters. The molecule has 1 aromatic carbocycles. The molecule has 6 heteroatoms. The minimum absolute atomic E-state index is 0.0458. The Bertz CT molecular complexity index is 666. The number of nitrogens with one attached hydrogen (secondary N) is 2. The lowest BCUT2D eigenvalue weighted by molar-refractivity contribution is -0.137. The molecule has 0 radical (unpaired) electrons. The highest BCUT2D eigenvalue weighted by Crippen LogP contribution is 2.22. The number of hydrogen-bond donors (Lipinski definition) is 3. The van der Waals surface area contributed by atoms with E-state index in [2.05, 4.69) is 10.3 Å². The van der Waals surface area contributed by atoms with Crippen molar-refractivity contribution in [1.82, 2.24) is 10.3 Å². The monoisotopic (exact) mass is 308 g/mol. The Morgan fingerprint density at radius 3 is 2.90 bits per heavy atom. The summed E-state index contributed by atoms with van der Waals surface area (Å²) < 4.78 is 0. The molecule has 3 N–H and O–H groups in total. The van der Waals surface area contributed by atoms with Crippen molar-refractivity contribution in [2.45, 2.75) is 32.2 Å². The SMILES string of the molecule is CC(CCC(=O)O)NC(=O)Cc1c[nH]c2ccc(Cl)cc12.